The van der Waals surface area contributed by atoms with E-state index in [9.17, 15) is 0 Å². The third kappa shape index (κ3) is 7.46. The number of furan rings is 2. The third-order valence-corrected chi connectivity index (χ3v) is 18.0. The van der Waals surface area contributed by atoms with Crippen LogP contribution in [0.1, 0.15) is 77.6 Å². The first kappa shape index (κ1) is 49.3. The van der Waals surface area contributed by atoms with Gasteiger partial charge in [-0.05, 0) is 135 Å². The average Bonchev–Trinajstić information content (AvgIpc) is 3.50. The molecule has 5 nitrogen and oxygen atoms in total. The van der Waals surface area contributed by atoms with Gasteiger partial charge in [-0.15, -0.1) is 0 Å². The van der Waals surface area contributed by atoms with Crippen molar-refractivity contribution in [1.82, 2.24) is 13.7 Å². The lowest BCUT2D eigenvalue weighted by Crippen LogP contribution is -2.22. The zero-order valence-electron chi connectivity index (χ0n) is 48.2. The Morgan fingerprint density at radius 3 is 1.43 bits per heavy atom. The molecule has 402 valence electrons. The summed E-state index contributed by atoms with van der Waals surface area (Å²) in [6, 6.07) is 83.2. The van der Waals surface area contributed by atoms with Crippen LogP contribution in [0.3, 0.4) is 0 Å². The average molecular weight is 1070 g/mol. The Morgan fingerprint density at radius 1 is 0.337 bits per heavy atom. The Morgan fingerprint density at radius 2 is 0.831 bits per heavy atom. The maximum atomic E-state index is 7.02. The number of rotatable bonds is 7. The minimum absolute atomic E-state index is 0.0390. The lowest BCUT2D eigenvalue weighted by atomic mass is 9.75. The molecule has 5 heteroatoms. The summed E-state index contributed by atoms with van der Waals surface area (Å²) in [4.78, 5) is 0. The molecular weight excluding hydrogens is 1010 g/mol. The molecule has 16 rings (SSSR count). The van der Waals surface area contributed by atoms with Crippen molar-refractivity contribution in [2.45, 2.75) is 78.1 Å². The molecule has 11 aromatic carbocycles. The standard InChI is InChI=1S/C78H63N3O2/c1-76(2,3)62-27-20-34-70-72(62)60-37-36-48(42-71(60)82-70)52-38-39-59-57-25-13-18-33-69(57)83-75(59)73(52)78(7,8)46-47-35-40-68-61(41-47)58-26-19-28-63(77(4,5)6)74(58)81(68)51-44-49(79-64-29-14-9-21-53(64)54-22-10-15-30-65(54)79)43-50(45-51)80-66-31-16-11-23-55(66)56-24-12-17-32-67(56)80/h9-45H,46H2,1-8H3. The quantitative estimate of drug-likeness (QED) is 0.160. The molecule has 0 aliphatic carbocycles. The van der Waals surface area contributed by atoms with Crippen molar-refractivity contribution in [2.75, 3.05) is 0 Å². The Labute approximate surface area is 482 Å². The predicted molar refractivity (Wildman–Crippen MR) is 350 cm³/mol. The monoisotopic (exact) mass is 1070 g/mol. The molecule has 0 unspecified atom stereocenters. The fourth-order valence-corrected chi connectivity index (χ4v) is 14.4. The first-order chi connectivity index (χ1) is 40.2. The second-order valence-electron chi connectivity index (χ2n) is 25.9. The van der Waals surface area contributed by atoms with Crippen molar-refractivity contribution in [3.63, 3.8) is 0 Å². The van der Waals surface area contributed by atoms with Gasteiger partial charge in [0.1, 0.15) is 22.3 Å². The van der Waals surface area contributed by atoms with Crippen molar-refractivity contribution in [3.8, 4) is 28.2 Å². The molecule has 0 saturated carbocycles. The molecule has 0 fully saturated rings. The van der Waals surface area contributed by atoms with Crippen LogP contribution in [0.25, 0.3) is 137 Å². The molecule has 0 amide bonds. The highest BCUT2D eigenvalue weighted by molar-refractivity contribution is 6.14. The third-order valence-electron chi connectivity index (χ3n) is 18.0. The number of benzene rings is 11. The van der Waals surface area contributed by atoms with Crippen LogP contribution in [-0.2, 0) is 22.7 Å². The summed E-state index contributed by atoms with van der Waals surface area (Å²) in [6.07, 6.45) is 0.765. The Hall–Kier alpha value is -9.58. The van der Waals surface area contributed by atoms with E-state index in [1.165, 1.54) is 93.1 Å². The van der Waals surface area contributed by atoms with Crippen LogP contribution in [0.2, 0.25) is 0 Å². The van der Waals surface area contributed by atoms with Crippen molar-refractivity contribution < 1.29 is 8.83 Å². The Balaban J connectivity index is 0.913. The van der Waals surface area contributed by atoms with Crippen LogP contribution >= 0.6 is 0 Å². The molecule has 0 aliphatic heterocycles. The van der Waals surface area contributed by atoms with Gasteiger partial charge in [-0.25, -0.2) is 0 Å². The molecule has 0 spiro atoms. The highest BCUT2D eigenvalue weighted by Gasteiger charge is 2.32. The topological polar surface area (TPSA) is 41.1 Å². The summed E-state index contributed by atoms with van der Waals surface area (Å²) in [5, 5.41) is 12.0. The fourth-order valence-electron chi connectivity index (χ4n) is 14.4. The van der Waals surface area contributed by atoms with Gasteiger partial charge in [-0.2, -0.15) is 0 Å². The van der Waals surface area contributed by atoms with Gasteiger partial charge in [-0.1, -0.05) is 195 Å². The van der Waals surface area contributed by atoms with Crippen LogP contribution in [0.5, 0.6) is 0 Å². The van der Waals surface area contributed by atoms with Crippen molar-refractivity contribution in [1.29, 1.82) is 0 Å². The molecule has 0 radical (unpaired) electrons. The molecule has 16 aromatic rings. The second kappa shape index (κ2) is 17.7. The number of hydrogen-bond acceptors (Lipinski definition) is 2. The van der Waals surface area contributed by atoms with E-state index in [1.54, 1.807) is 0 Å². The summed E-state index contributed by atoms with van der Waals surface area (Å²) in [6.45, 7) is 18.7. The zero-order valence-corrected chi connectivity index (χ0v) is 48.2. The van der Waals surface area contributed by atoms with E-state index < -0.39 is 5.41 Å². The van der Waals surface area contributed by atoms with Crippen LogP contribution < -0.4 is 0 Å². The summed E-state index contributed by atoms with van der Waals surface area (Å²) in [5.74, 6) is 0. The first-order valence-corrected chi connectivity index (χ1v) is 29.3. The van der Waals surface area contributed by atoms with Gasteiger partial charge >= 0.3 is 0 Å². The van der Waals surface area contributed by atoms with E-state index in [0.29, 0.717) is 0 Å². The van der Waals surface area contributed by atoms with Gasteiger partial charge in [0, 0.05) is 59.4 Å². The molecule has 5 aromatic heterocycles. The van der Waals surface area contributed by atoms with Gasteiger partial charge in [0.15, 0.2) is 0 Å². The van der Waals surface area contributed by atoms with E-state index in [4.69, 9.17) is 8.83 Å². The highest BCUT2D eigenvalue weighted by atomic mass is 16.3. The smallest absolute Gasteiger partial charge is 0.139 e. The summed E-state index contributed by atoms with van der Waals surface area (Å²) in [5.41, 5.74) is 20.7. The van der Waals surface area contributed by atoms with Crippen LogP contribution in [-0.4, -0.2) is 13.7 Å². The van der Waals surface area contributed by atoms with Gasteiger partial charge in [0.2, 0.25) is 0 Å². The zero-order chi connectivity index (χ0) is 56.3. The van der Waals surface area contributed by atoms with E-state index in [2.05, 4.69) is 294 Å². The number of aromatic nitrogens is 3. The van der Waals surface area contributed by atoms with Gasteiger partial charge in [-0.3, -0.25) is 0 Å². The predicted octanol–water partition coefficient (Wildman–Crippen LogP) is 21.6. The number of nitrogens with zero attached hydrogens (tertiary/aromatic N) is 3. The largest absolute Gasteiger partial charge is 0.456 e. The minimum atomic E-state index is -0.401. The molecule has 0 atom stereocenters. The van der Waals surface area contributed by atoms with Gasteiger partial charge < -0.3 is 22.5 Å². The summed E-state index contributed by atoms with van der Waals surface area (Å²) < 4.78 is 21.3. The van der Waals surface area contributed by atoms with E-state index in [0.717, 1.165) is 73.1 Å². The molecule has 0 bridgehead atoms. The van der Waals surface area contributed by atoms with Crippen LogP contribution in [0.15, 0.2) is 233 Å². The van der Waals surface area contributed by atoms with Gasteiger partial charge in [0.25, 0.3) is 0 Å². The minimum Gasteiger partial charge on any atom is -0.456 e. The lowest BCUT2D eigenvalue weighted by molar-refractivity contribution is 0.517. The summed E-state index contributed by atoms with van der Waals surface area (Å²) >= 11 is 0. The lowest BCUT2D eigenvalue weighted by Gasteiger charge is -2.28. The molecule has 0 saturated heterocycles. The van der Waals surface area contributed by atoms with E-state index in [-0.39, 0.29) is 10.8 Å². The second-order valence-corrected chi connectivity index (χ2v) is 25.9. The van der Waals surface area contributed by atoms with Crippen molar-refractivity contribution in [3.05, 3.63) is 247 Å². The molecule has 0 N–H and O–H groups in total. The maximum Gasteiger partial charge on any atom is 0.139 e. The van der Waals surface area contributed by atoms with E-state index in [1.807, 2.05) is 0 Å². The highest BCUT2D eigenvalue weighted by Crippen LogP contribution is 2.48. The number of fused-ring (bicyclic) bond motifs is 15. The Bertz CT molecular complexity index is 5120. The van der Waals surface area contributed by atoms with Crippen molar-refractivity contribution >= 4 is 109 Å². The van der Waals surface area contributed by atoms with Crippen molar-refractivity contribution in [2.24, 2.45) is 0 Å². The SMILES string of the molecule is CC(C)(C)c1cccc2oc3cc(-c4ccc5c(oc6ccccc65)c4C(C)(C)Cc4ccc5c(c4)c4cccc(C(C)(C)C)c4n5-c4cc(-n5c6ccccc6c6ccccc65)cc(-n5c6ccccc6c6ccccc65)c4)ccc3c12. The number of hydrogen-bond donors (Lipinski definition) is 0. The normalized spacial score (nSPS) is 12.9. The fraction of sp³-hybridized carbons (Fsp3) is 0.154. The van der Waals surface area contributed by atoms with Crippen LogP contribution in [0, 0.1) is 0 Å². The van der Waals surface area contributed by atoms with Crippen LogP contribution in [0.4, 0.5) is 0 Å². The number of para-hydroxylation sites is 6. The molecular formula is C78H63N3O2. The summed E-state index contributed by atoms with van der Waals surface area (Å²) in [7, 11) is 0. The molecule has 0 aliphatic rings. The molecule has 83 heavy (non-hydrogen) atoms. The first-order valence-electron chi connectivity index (χ1n) is 29.3. The van der Waals surface area contributed by atoms with Gasteiger partial charge in [0.05, 0.1) is 50.2 Å². The Kier molecular flexibility index (Phi) is 10.5. The van der Waals surface area contributed by atoms with E-state index >= 15 is 0 Å². The molecule has 5 heterocycles. The maximum absolute atomic E-state index is 7.02.